The quantitative estimate of drug-likeness (QED) is 0.729. The van der Waals surface area contributed by atoms with Gasteiger partial charge in [-0.25, -0.2) is 13.6 Å². The second-order valence-corrected chi connectivity index (χ2v) is 2.24. The van der Waals surface area contributed by atoms with Crippen LogP contribution in [0.5, 0.6) is 0 Å². The van der Waals surface area contributed by atoms with E-state index < -0.39 is 29.1 Å². The van der Waals surface area contributed by atoms with Gasteiger partial charge < -0.3 is 10.1 Å². The van der Waals surface area contributed by atoms with Crippen LogP contribution in [0.3, 0.4) is 0 Å². The maximum atomic E-state index is 12.1. The number of rotatable bonds is 2. The number of carboxylic acid groups (broad SMARTS) is 1. The molecule has 2 N–H and O–H groups in total. The number of H-pyrrole nitrogens is 1. The Kier molecular flexibility index (Phi) is 2.41. The van der Waals surface area contributed by atoms with E-state index in [9.17, 15) is 18.4 Å². The van der Waals surface area contributed by atoms with E-state index in [1.54, 1.807) is 0 Å². The van der Waals surface area contributed by atoms with E-state index in [4.69, 9.17) is 5.11 Å². The molecule has 0 atom stereocenters. The number of alkyl halides is 2. The minimum atomic E-state index is -3.00. The van der Waals surface area contributed by atoms with Gasteiger partial charge in [0.25, 0.3) is 6.43 Å². The highest BCUT2D eigenvalue weighted by atomic mass is 19.3. The molecule has 0 amide bonds. The summed E-state index contributed by atoms with van der Waals surface area (Å²) in [4.78, 5) is 23.3. The molecule has 0 aromatic carbocycles. The fourth-order valence-electron chi connectivity index (χ4n) is 0.888. The van der Waals surface area contributed by atoms with Gasteiger partial charge in [-0.05, 0) is 0 Å². The molecule has 1 aromatic rings. The monoisotopic (exact) mass is 189 g/mol. The second kappa shape index (κ2) is 3.34. The molecule has 1 heterocycles. The van der Waals surface area contributed by atoms with Gasteiger partial charge in [0, 0.05) is 12.3 Å². The van der Waals surface area contributed by atoms with E-state index in [1.165, 1.54) is 0 Å². The van der Waals surface area contributed by atoms with Crippen LogP contribution in [-0.2, 0) is 0 Å². The third-order valence-corrected chi connectivity index (χ3v) is 1.42. The smallest absolute Gasteiger partial charge is 0.341 e. The molecule has 0 aliphatic rings. The van der Waals surface area contributed by atoms with Crippen LogP contribution in [0.15, 0.2) is 17.1 Å². The highest BCUT2D eigenvalue weighted by Gasteiger charge is 2.20. The minimum absolute atomic E-state index is 0.861. The molecule has 0 aliphatic heterocycles. The Morgan fingerprint density at radius 2 is 2.15 bits per heavy atom. The number of hydrogen-bond donors (Lipinski definition) is 2. The van der Waals surface area contributed by atoms with Crippen LogP contribution in [-0.4, -0.2) is 16.1 Å². The minimum Gasteiger partial charge on any atom is -0.477 e. The fraction of sp³-hybridized carbons (Fsp3) is 0.143. The van der Waals surface area contributed by atoms with Crippen LogP contribution in [0.25, 0.3) is 0 Å². The Labute approximate surface area is 70.8 Å². The second-order valence-electron chi connectivity index (χ2n) is 2.24. The average molecular weight is 189 g/mol. The molecule has 0 saturated heterocycles. The van der Waals surface area contributed by atoms with Gasteiger partial charge in [0.05, 0.1) is 0 Å². The molecule has 4 nitrogen and oxygen atoms in total. The molecule has 1 rings (SSSR count). The van der Waals surface area contributed by atoms with E-state index in [0.29, 0.717) is 0 Å². The standard InChI is InChI=1S/C7H5F2NO3/c8-6(9)5-4(7(12)13)3(11)1-2-10-5/h1-2,6H,(H,10,11)(H,12,13). The van der Waals surface area contributed by atoms with Crippen LogP contribution in [0.4, 0.5) is 8.78 Å². The molecule has 6 heteroatoms. The van der Waals surface area contributed by atoms with Crippen molar-refractivity contribution in [3.8, 4) is 0 Å². The van der Waals surface area contributed by atoms with Crippen LogP contribution in [0.1, 0.15) is 22.5 Å². The van der Waals surface area contributed by atoms with E-state index in [-0.39, 0.29) is 0 Å². The molecule has 0 spiro atoms. The summed E-state index contributed by atoms with van der Waals surface area (Å²) in [5.41, 5.74) is -2.70. The fourth-order valence-corrected chi connectivity index (χ4v) is 0.888. The third-order valence-electron chi connectivity index (χ3n) is 1.42. The Balaban J connectivity index is 3.43. The Bertz CT molecular complexity index is 386. The van der Waals surface area contributed by atoms with Crippen LogP contribution < -0.4 is 5.43 Å². The molecule has 0 radical (unpaired) electrons. The van der Waals surface area contributed by atoms with Crippen molar-refractivity contribution >= 4 is 5.97 Å². The number of carboxylic acids is 1. The van der Waals surface area contributed by atoms with Crippen molar-refractivity contribution in [3.05, 3.63) is 33.7 Å². The van der Waals surface area contributed by atoms with Crippen molar-refractivity contribution in [1.29, 1.82) is 0 Å². The molecule has 0 fully saturated rings. The number of aromatic amines is 1. The Hall–Kier alpha value is -1.72. The number of pyridine rings is 1. The topological polar surface area (TPSA) is 70.2 Å². The van der Waals surface area contributed by atoms with Gasteiger partial charge in [-0.1, -0.05) is 0 Å². The first-order valence-corrected chi connectivity index (χ1v) is 3.27. The van der Waals surface area contributed by atoms with Gasteiger partial charge >= 0.3 is 5.97 Å². The number of carbonyl (C=O) groups is 1. The van der Waals surface area contributed by atoms with Crippen molar-refractivity contribution in [3.63, 3.8) is 0 Å². The molecule has 13 heavy (non-hydrogen) atoms. The summed E-state index contributed by atoms with van der Waals surface area (Å²) in [7, 11) is 0. The van der Waals surface area contributed by atoms with Crippen molar-refractivity contribution in [2.75, 3.05) is 0 Å². The van der Waals surface area contributed by atoms with Crippen molar-refractivity contribution in [2.24, 2.45) is 0 Å². The maximum Gasteiger partial charge on any atom is 0.341 e. The molecule has 0 saturated carbocycles. The van der Waals surface area contributed by atoms with E-state index >= 15 is 0 Å². The summed E-state index contributed by atoms with van der Waals surface area (Å²) in [6, 6.07) is 0.884. The Morgan fingerprint density at radius 1 is 1.54 bits per heavy atom. The van der Waals surface area contributed by atoms with Gasteiger partial charge in [0.2, 0.25) is 0 Å². The average Bonchev–Trinajstić information content (AvgIpc) is 2.02. The van der Waals surface area contributed by atoms with Crippen molar-refractivity contribution in [2.45, 2.75) is 6.43 Å². The molecular weight excluding hydrogens is 184 g/mol. The first-order chi connectivity index (χ1) is 6.04. The SMILES string of the molecule is O=C(O)c1c(C(F)F)[nH]ccc1=O. The Morgan fingerprint density at radius 3 is 2.54 bits per heavy atom. The van der Waals surface area contributed by atoms with Crippen LogP contribution >= 0.6 is 0 Å². The first-order valence-electron chi connectivity index (χ1n) is 3.27. The largest absolute Gasteiger partial charge is 0.477 e. The lowest BCUT2D eigenvalue weighted by atomic mass is 10.2. The first kappa shape index (κ1) is 9.37. The van der Waals surface area contributed by atoms with Crippen molar-refractivity contribution < 1.29 is 18.7 Å². The normalized spacial score (nSPS) is 10.4. The lowest BCUT2D eigenvalue weighted by Crippen LogP contribution is -2.18. The zero-order valence-corrected chi connectivity index (χ0v) is 6.25. The predicted molar refractivity (Wildman–Crippen MR) is 39.0 cm³/mol. The molecule has 0 unspecified atom stereocenters. The number of halogens is 2. The van der Waals surface area contributed by atoms with E-state index in [2.05, 4.69) is 0 Å². The van der Waals surface area contributed by atoms with Gasteiger partial charge in [0.15, 0.2) is 5.43 Å². The van der Waals surface area contributed by atoms with Crippen LogP contribution in [0, 0.1) is 0 Å². The number of hydrogen-bond acceptors (Lipinski definition) is 2. The summed E-state index contributed by atoms with van der Waals surface area (Å²) in [5.74, 6) is -1.66. The van der Waals surface area contributed by atoms with E-state index in [1.807, 2.05) is 4.98 Å². The summed E-state index contributed by atoms with van der Waals surface area (Å²) >= 11 is 0. The lowest BCUT2D eigenvalue weighted by Gasteiger charge is -2.02. The summed E-state index contributed by atoms with van der Waals surface area (Å²) in [6.45, 7) is 0. The molecular formula is C7H5F2NO3. The zero-order chi connectivity index (χ0) is 10.0. The van der Waals surface area contributed by atoms with Gasteiger partial charge in [-0.3, -0.25) is 4.79 Å². The molecule has 70 valence electrons. The van der Waals surface area contributed by atoms with Crippen LogP contribution in [0.2, 0.25) is 0 Å². The number of aromatic nitrogens is 1. The number of nitrogens with one attached hydrogen (secondary N) is 1. The number of aromatic carboxylic acids is 1. The lowest BCUT2D eigenvalue weighted by molar-refractivity contribution is 0.0680. The predicted octanol–water partition coefficient (Wildman–Crippen LogP) is 1.01. The van der Waals surface area contributed by atoms with Gasteiger partial charge in [0.1, 0.15) is 11.3 Å². The molecule has 0 aliphatic carbocycles. The summed E-state index contributed by atoms with van der Waals surface area (Å²) < 4.78 is 24.3. The zero-order valence-electron chi connectivity index (χ0n) is 6.25. The van der Waals surface area contributed by atoms with E-state index in [0.717, 1.165) is 12.3 Å². The summed E-state index contributed by atoms with van der Waals surface area (Å²) in [5, 5.41) is 8.44. The molecule has 0 bridgehead atoms. The highest BCUT2D eigenvalue weighted by molar-refractivity contribution is 5.88. The molecule has 1 aromatic heterocycles. The van der Waals surface area contributed by atoms with Crippen molar-refractivity contribution in [1.82, 2.24) is 4.98 Å². The summed E-state index contributed by atoms with van der Waals surface area (Å²) in [6.07, 6.45) is -2.02. The maximum absolute atomic E-state index is 12.1. The van der Waals surface area contributed by atoms with Gasteiger partial charge in [-0.2, -0.15) is 0 Å². The highest BCUT2D eigenvalue weighted by Crippen LogP contribution is 2.17. The third kappa shape index (κ3) is 1.71. The van der Waals surface area contributed by atoms with Gasteiger partial charge in [-0.15, -0.1) is 0 Å².